The van der Waals surface area contributed by atoms with E-state index in [0.717, 1.165) is 25.0 Å². The number of rotatable bonds is 8. The molecule has 0 radical (unpaired) electrons. The van der Waals surface area contributed by atoms with Crippen molar-refractivity contribution in [2.75, 3.05) is 0 Å². The molecular formula is C11H22O. The second-order valence-electron chi connectivity index (χ2n) is 3.49. The summed E-state index contributed by atoms with van der Waals surface area (Å²) in [6, 6.07) is 0. The van der Waals surface area contributed by atoms with E-state index < -0.39 is 0 Å². The first kappa shape index (κ1) is 11.7. The SMILES string of the molecule is CCC(CC)CCCCCC=O. The molecule has 0 aliphatic carbocycles. The van der Waals surface area contributed by atoms with Crippen molar-refractivity contribution >= 4 is 6.29 Å². The Labute approximate surface area is 76.6 Å². The van der Waals surface area contributed by atoms with Gasteiger partial charge < -0.3 is 4.79 Å². The highest BCUT2D eigenvalue weighted by atomic mass is 16.1. The molecule has 0 bridgehead atoms. The summed E-state index contributed by atoms with van der Waals surface area (Å²) >= 11 is 0. The van der Waals surface area contributed by atoms with Gasteiger partial charge >= 0.3 is 0 Å². The van der Waals surface area contributed by atoms with Crippen LogP contribution in [0.4, 0.5) is 0 Å². The van der Waals surface area contributed by atoms with Gasteiger partial charge in [-0.1, -0.05) is 46.0 Å². The zero-order valence-corrected chi connectivity index (χ0v) is 8.51. The van der Waals surface area contributed by atoms with Crippen LogP contribution in [0.1, 0.15) is 58.8 Å². The first-order valence-corrected chi connectivity index (χ1v) is 5.28. The number of hydrogen-bond donors (Lipinski definition) is 0. The van der Waals surface area contributed by atoms with Crippen molar-refractivity contribution in [2.45, 2.75) is 58.8 Å². The first-order chi connectivity index (χ1) is 5.85. The molecule has 0 aromatic rings. The van der Waals surface area contributed by atoms with Crippen LogP contribution in [-0.4, -0.2) is 6.29 Å². The minimum atomic E-state index is 0.753. The molecular weight excluding hydrogens is 148 g/mol. The van der Waals surface area contributed by atoms with Crippen LogP contribution in [0.15, 0.2) is 0 Å². The molecule has 72 valence electrons. The number of carbonyl (C=O) groups excluding carboxylic acids is 1. The molecule has 0 aliphatic rings. The van der Waals surface area contributed by atoms with Gasteiger partial charge in [0.25, 0.3) is 0 Å². The summed E-state index contributed by atoms with van der Waals surface area (Å²) < 4.78 is 0. The quantitative estimate of drug-likeness (QED) is 0.402. The molecule has 0 aromatic heterocycles. The highest BCUT2D eigenvalue weighted by molar-refractivity contribution is 5.48. The molecule has 0 amide bonds. The lowest BCUT2D eigenvalue weighted by atomic mass is 9.96. The fourth-order valence-corrected chi connectivity index (χ4v) is 1.53. The number of unbranched alkanes of at least 4 members (excludes halogenated alkanes) is 3. The van der Waals surface area contributed by atoms with Crippen LogP contribution in [-0.2, 0) is 4.79 Å². The van der Waals surface area contributed by atoms with Gasteiger partial charge in [0.2, 0.25) is 0 Å². The first-order valence-electron chi connectivity index (χ1n) is 5.28. The zero-order valence-electron chi connectivity index (χ0n) is 8.51. The van der Waals surface area contributed by atoms with Crippen molar-refractivity contribution < 1.29 is 4.79 Å². The molecule has 0 saturated heterocycles. The Bertz CT molecular complexity index is 95.2. The summed E-state index contributed by atoms with van der Waals surface area (Å²) in [4.78, 5) is 10.0. The van der Waals surface area contributed by atoms with Crippen LogP contribution in [0.5, 0.6) is 0 Å². The van der Waals surface area contributed by atoms with Gasteiger partial charge in [0.1, 0.15) is 6.29 Å². The van der Waals surface area contributed by atoms with Crippen LogP contribution in [0.2, 0.25) is 0 Å². The van der Waals surface area contributed by atoms with Crippen molar-refractivity contribution in [3.8, 4) is 0 Å². The number of aldehydes is 1. The maximum atomic E-state index is 10.0. The van der Waals surface area contributed by atoms with Crippen molar-refractivity contribution in [2.24, 2.45) is 5.92 Å². The van der Waals surface area contributed by atoms with E-state index in [-0.39, 0.29) is 0 Å². The average molecular weight is 170 g/mol. The molecule has 0 saturated carbocycles. The Balaban J connectivity index is 3.11. The summed E-state index contributed by atoms with van der Waals surface area (Å²) in [5.74, 6) is 0.918. The van der Waals surface area contributed by atoms with Crippen LogP contribution >= 0.6 is 0 Å². The van der Waals surface area contributed by atoms with E-state index >= 15 is 0 Å². The summed E-state index contributed by atoms with van der Waals surface area (Å²) in [6.07, 6.45) is 9.37. The second kappa shape index (κ2) is 8.76. The molecule has 1 nitrogen and oxygen atoms in total. The van der Waals surface area contributed by atoms with E-state index in [0.29, 0.717) is 0 Å². The fraction of sp³-hybridized carbons (Fsp3) is 0.909. The smallest absolute Gasteiger partial charge is 0.119 e. The normalized spacial score (nSPS) is 10.6. The number of carbonyl (C=O) groups is 1. The Morgan fingerprint density at radius 1 is 1.08 bits per heavy atom. The Hall–Kier alpha value is -0.330. The molecule has 0 unspecified atom stereocenters. The number of hydrogen-bond acceptors (Lipinski definition) is 1. The minimum Gasteiger partial charge on any atom is -0.303 e. The molecule has 0 aliphatic heterocycles. The predicted molar refractivity (Wildman–Crippen MR) is 53.2 cm³/mol. The van der Waals surface area contributed by atoms with Crippen LogP contribution in [0.25, 0.3) is 0 Å². The van der Waals surface area contributed by atoms with Crippen molar-refractivity contribution in [3.63, 3.8) is 0 Å². The van der Waals surface area contributed by atoms with Gasteiger partial charge in [-0.3, -0.25) is 0 Å². The Morgan fingerprint density at radius 3 is 2.25 bits per heavy atom. The van der Waals surface area contributed by atoms with Crippen LogP contribution in [0.3, 0.4) is 0 Å². The third-order valence-electron chi connectivity index (χ3n) is 2.59. The van der Waals surface area contributed by atoms with E-state index in [2.05, 4.69) is 13.8 Å². The Kier molecular flexibility index (Phi) is 8.52. The van der Waals surface area contributed by atoms with Gasteiger partial charge in [-0.15, -0.1) is 0 Å². The molecule has 0 fully saturated rings. The minimum absolute atomic E-state index is 0.753. The molecule has 0 N–H and O–H groups in total. The standard InChI is InChI=1S/C11H22O/c1-3-11(4-2)9-7-5-6-8-10-12/h10-11H,3-9H2,1-2H3. The monoisotopic (exact) mass is 170 g/mol. The van der Waals surface area contributed by atoms with Gasteiger partial charge in [0.05, 0.1) is 0 Å². The lowest BCUT2D eigenvalue weighted by Gasteiger charge is -2.10. The van der Waals surface area contributed by atoms with Gasteiger partial charge in [0.15, 0.2) is 0 Å². The predicted octanol–water partition coefficient (Wildman–Crippen LogP) is 3.57. The molecule has 12 heavy (non-hydrogen) atoms. The fourth-order valence-electron chi connectivity index (χ4n) is 1.53. The topological polar surface area (TPSA) is 17.1 Å². The Morgan fingerprint density at radius 2 is 1.75 bits per heavy atom. The maximum absolute atomic E-state index is 10.0. The highest BCUT2D eigenvalue weighted by Crippen LogP contribution is 2.16. The van der Waals surface area contributed by atoms with Crippen molar-refractivity contribution in [3.05, 3.63) is 0 Å². The summed E-state index contributed by atoms with van der Waals surface area (Å²) in [5, 5.41) is 0. The third-order valence-corrected chi connectivity index (χ3v) is 2.59. The van der Waals surface area contributed by atoms with Crippen LogP contribution in [0, 0.1) is 5.92 Å². The van der Waals surface area contributed by atoms with Crippen molar-refractivity contribution in [1.29, 1.82) is 0 Å². The average Bonchev–Trinajstić information content (AvgIpc) is 2.11. The van der Waals surface area contributed by atoms with Gasteiger partial charge in [-0.25, -0.2) is 0 Å². The molecule has 0 aromatic carbocycles. The lowest BCUT2D eigenvalue weighted by molar-refractivity contribution is -0.107. The van der Waals surface area contributed by atoms with Crippen molar-refractivity contribution in [1.82, 2.24) is 0 Å². The maximum Gasteiger partial charge on any atom is 0.119 e. The lowest BCUT2D eigenvalue weighted by Crippen LogP contribution is -1.96. The van der Waals surface area contributed by atoms with E-state index in [1.165, 1.54) is 32.1 Å². The molecule has 0 rings (SSSR count). The van der Waals surface area contributed by atoms with E-state index in [1.54, 1.807) is 0 Å². The van der Waals surface area contributed by atoms with Gasteiger partial charge in [-0.2, -0.15) is 0 Å². The molecule has 0 atom stereocenters. The van der Waals surface area contributed by atoms with E-state index in [1.807, 2.05) is 0 Å². The largest absolute Gasteiger partial charge is 0.303 e. The third kappa shape index (κ3) is 6.38. The highest BCUT2D eigenvalue weighted by Gasteiger charge is 2.01. The van der Waals surface area contributed by atoms with Gasteiger partial charge in [0, 0.05) is 6.42 Å². The zero-order chi connectivity index (χ0) is 9.23. The van der Waals surface area contributed by atoms with Crippen LogP contribution < -0.4 is 0 Å². The molecule has 0 spiro atoms. The molecule has 0 heterocycles. The second-order valence-corrected chi connectivity index (χ2v) is 3.49. The summed E-state index contributed by atoms with van der Waals surface area (Å²) in [5.41, 5.74) is 0. The van der Waals surface area contributed by atoms with Gasteiger partial charge in [-0.05, 0) is 12.3 Å². The molecule has 1 heteroatoms. The van der Waals surface area contributed by atoms with E-state index in [9.17, 15) is 4.79 Å². The summed E-state index contributed by atoms with van der Waals surface area (Å²) in [6.45, 7) is 4.53. The summed E-state index contributed by atoms with van der Waals surface area (Å²) in [7, 11) is 0. The van der Waals surface area contributed by atoms with E-state index in [4.69, 9.17) is 0 Å².